The van der Waals surface area contributed by atoms with Crippen LogP contribution in [0.5, 0.6) is 17.2 Å². The van der Waals surface area contributed by atoms with Crippen molar-refractivity contribution in [2.45, 2.75) is 26.8 Å². The number of carbonyl (C=O) groups is 1. The Morgan fingerprint density at radius 3 is 2.50 bits per heavy atom. The van der Waals surface area contributed by atoms with Gasteiger partial charge in [0.1, 0.15) is 22.8 Å². The molecule has 2 N–H and O–H groups in total. The Morgan fingerprint density at radius 1 is 1.30 bits per heavy atom. The fraction of sp³-hybridized carbons (Fsp3) is 0.533. The number of phenolic OH excluding ortho intramolecular Hbond substituents is 2. The smallest absolute Gasteiger partial charge is 0.176 e. The predicted octanol–water partition coefficient (Wildman–Crippen LogP) is 2.07. The minimum atomic E-state index is -0.232. The van der Waals surface area contributed by atoms with Crippen LogP contribution < -0.4 is 4.74 Å². The lowest BCUT2D eigenvalue weighted by Crippen LogP contribution is -2.28. The van der Waals surface area contributed by atoms with Gasteiger partial charge in [0, 0.05) is 12.1 Å². The van der Waals surface area contributed by atoms with Crippen LogP contribution in [0.2, 0.25) is 0 Å². The van der Waals surface area contributed by atoms with Crippen molar-refractivity contribution in [3.8, 4) is 17.2 Å². The van der Waals surface area contributed by atoms with Crippen LogP contribution in [0.15, 0.2) is 0 Å². The van der Waals surface area contributed by atoms with Gasteiger partial charge in [0.2, 0.25) is 0 Å². The lowest BCUT2D eigenvalue weighted by atomic mass is 9.89. The van der Waals surface area contributed by atoms with E-state index in [9.17, 15) is 15.0 Å². The first-order valence-electron chi connectivity index (χ1n) is 6.77. The first-order valence-corrected chi connectivity index (χ1v) is 6.77. The summed E-state index contributed by atoms with van der Waals surface area (Å²) in [6.45, 7) is 4.28. The minimum Gasteiger partial charge on any atom is -0.507 e. The SMILES string of the molecule is CCC1COc2c(C)c(O)c(CN(C)C)c(O)c2C1=O. The van der Waals surface area contributed by atoms with E-state index in [2.05, 4.69) is 0 Å². The maximum Gasteiger partial charge on any atom is 0.176 e. The van der Waals surface area contributed by atoms with Gasteiger partial charge < -0.3 is 19.8 Å². The molecule has 1 heterocycles. The molecule has 5 nitrogen and oxygen atoms in total. The molecule has 1 aliphatic heterocycles. The molecular formula is C15H21NO4. The van der Waals surface area contributed by atoms with E-state index in [1.807, 2.05) is 25.9 Å². The average Bonchev–Trinajstić information content (AvgIpc) is 2.40. The number of ether oxygens (including phenoxy) is 1. The zero-order valence-electron chi connectivity index (χ0n) is 12.4. The maximum atomic E-state index is 12.4. The zero-order valence-corrected chi connectivity index (χ0v) is 12.4. The molecular weight excluding hydrogens is 258 g/mol. The summed E-state index contributed by atoms with van der Waals surface area (Å²) in [5.74, 6) is -0.172. The van der Waals surface area contributed by atoms with Crippen LogP contribution in [0.1, 0.15) is 34.8 Å². The van der Waals surface area contributed by atoms with Gasteiger partial charge in [-0.15, -0.1) is 0 Å². The van der Waals surface area contributed by atoms with Crippen molar-refractivity contribution in [1.82, 2.24) is 4.90 Å². The highest BCUT2D eigenvalue weighted by molar-refractivity contribution is 6.05. The van der Waals surface area contributed by atoms with Gasteiger partial charge in [0.05, 0.1) is 18.1 Å². The molecule has 0 aromatic heterocycles. The second kappa shape index (κ2) is 5.32. The highest BCUT2D eigenvalue weighted by Gasteiger charge is 2.34. The Balaban J connectivity index is 2.63. The van der Waals surface area contributed by atoms with Gasteiger partial charge in [-0.1, -0.05) is 6.92 Å². The average molecular weight is 279 g/mol. The number of hydrogen-bond acceptors (Lipinski definition) is 5. The minimum absolute atomic E-state index is 0.00213. The fourth-order valence-electron chi connectivity index (χ4n) is 2.53. The summed E-state index contributed by atoms with van der Waals surface area (Å²) in [5, 5.41) is 20.6. The molecule has 1 unspecified atom stereocenters. The van der Waals surface area contributed by atoms with Crippen molar-refractivity contribution in [3.05, 3.63) is 16.7 Å². The number of fused-ring (bicyclic) bond motifs is 1. The van der Waals surface area contributed by atoms with E-state index in [-0.39, 0.29) is 28.8 Å². The topological polar surface area (TPSA) is 70.0 Å². The molecule has 0 bridgehead atoms. The maximum absolute atomic E-state index is 12.4. The van der Waals surface area contributed by atoms with Crippen LogP contribution in [0.4, 0.5) is 0 Å². The number of aromatic hydroxyl groups is 2. The first kappa shape index (κ1) is 14.7. The number of nitrogens with zero attached hydrogens (tertiary/aromatic N) is 1. The molecule has 0 aliphatic carbocycles. The molecule has 1 aromatic carbocycles. The Kier molecular flexibility index (Phi) is 3.90. The van der Waals surface area contributed by atoms with Crippen molar-refractivity contribution in [3.63, 3.8) is 0 Å². The second-order valence-electron chi connectivity index (χ2n) is 5.52. The molecule has 0 spiro atoms. The van der Waals surface area contributed by atoms with Crippen LogP contribution in [0, 0.1) is 12.8 Å². The van der Waals surface area contributed by atoms with Crippen molar-refractivity contribution in [2.24, 2.45) is 5.92 Å². The highest BCUT2D eigenvalue weighted by atomic mass is 16.5. The lowest BCUT2D eigenvalue weighted by molar-refractivity contribution is 0.0820. The van der Waals surface area contributed by atoms with E-state index in [1.165, 1.54) is 0 Å². The van der Waals surface area contributed by atoms with Gasteiger partial charge in [-0.2, -0.15) is 0 Å². The molecule has 1 atom stereocenters. The van der Waals surface area contributed by atoms with Gasteiger partial charge in [0.25, 0.3) is 0 Å². The highest BCUT2D eigenvalue weighted by Crippen LogP contribution is 2.45. The quantitative estimate of drug-likeness (QED) is 0.886. The first-order chi connectivity index (χ1) is 9.38. The summed E-state index contributed by atoms with van der Waals surface area (Å²) in [5.41, 5.74) is 1.10. The van der Waals surface area contributed by atoms with E-state index >= 15 is 0 Å². The molecule has 0 amide bonds. The van der Waals surface area contributed by atoms with E-state index in [1.54, 1.807) is 6.92 Å². The Morgan fingerprint density at radius 2 is 1.95 bits per heavy atom. The van der Waals surface area contributed by atoms with Gasteiger partial charge in [-0.3, -0.25) is 4.79 Å². The summed E-state index contributed by atoms with van der Waals surface area (Å²) in [7, 11) is 3.67. The number of benzene rings is 1. The summed E-state index contributed by atoms with van der Waals surface area (Å²) in [4.78, 5) is 14.3. The van der Waals surface area contributed by atoms with Gasteiger partial charge in [-0.05, 0) is 27.4 Å². The predicted molar refractivity (Wildman–Crippen MR) is 75.5 cm³/mol. The Labute approximate surface area is 118 Å². The van der Waals surface area contributed by atoms with Crippen LogP contribution in [-0.4, -0.2) is 41.6 Å². The summed E-state index contributed by atoms with van der Waals surface area (Å²) in [6.07, 6.45) is 0.667. The van der Waals surface area contributed by atoms with Gasteiger partial charge in [-0.25, -0.2) is 0 Å². The van der Waals surface area contributed by atoms with Crippen molar-refractivity contribution >= 4 is 5.78 Å². The van der Waals surface area contributed by atoms with Crippen LogP contribution in [0.25, 0.3) is 0 Å². The molecule has 1 aliphatic rings. The van der Waals surface area contributed by atoms with Gasteiger partial charge >= 0.3 is 0 Å². The summed E-state index contributed by atoms with van der Waals surface area (Å²) < 4.78 is 5.60. The van der Waals surface area contributed by atoms with Gasteiger partial charge in [0.15, 0.2) is 5.78 Å². The van der Waals surface area contributed by atoms with E-state index in [0.29, 0.717) is 36.4 Å². The molecule has 2 rings (SSSR count). The van der Waals surface area contributed by atoms with Crippen LogP contribution in [0.3, 0.4) is 0 Å². The normalized spacial score (nSPS) is 18.1. The third kappa shape index (κ3) is 2.22. The molecule has 1 aromatic rings. The summed E-state index contributed by atoms with van der Waals surface area (Å²) >= 11 is 0. The van der Waals surface area contributed by atoms with Crippen LogP contribution in [-0.2, 0) is 6.54 Å². The molecule has 0 radical (unpaired) electrons. The van der Waals surface area contributed by atoms with Crippen LogP contribution >= 0.6 is 0 Å². The van der Waals surface area contributed by atoms with E-state index in [4.69, 9.17) is 4.74 Å². The number of rotatable bonds is 3. The number of Topliss-reactive ketones (excluding diaryl/α,β-unsaturated/α-hetero) is 1. The largest absolute Gasteiger partial charge is 0.507 e. The number of carbonyl (C=O) groups excluding carboxylic acids is 1. The molecule has 5 heteroatoms. The summed E-state index contributed by atoms with van der Waals surface area (Å²) in [6, 6.07) is 0. The van der Waals surface area contributed by atoms with E-state index < -0.39 is 0 Å². The molecule has 0 saturated heterocycles. The Bertz CT molecular complexity index is 552. The van der Waals surface area contributed by atoms with Crippen molar-refractivity contribution in [2.75, 3.05) is 20.7 Å². The molecule has 0 fully saturated rings. The Hall–Kier alpha value is -1.75. The molecule has 110 valence electrons. The van der Waals surface area contributed by atoms with Crippen molar-refractivity contribution in [1.29, 1.82) is 0 Å². The number of hydrogen-bond donors (Lipinski definition) is 2. The molecule has 20 heavy (non-hydrogen) atoms. The van der Waals surface area contributed by atoms with E-state index in [0.717, 1.165) is 0 Å². The molecule has 0 saturated carbocycles. The number of ketones is 1. The third-order valence-corrected chi connectivity index (χ3v) is 3.74. The number of phenols is 2. The van der Waals surface area contributed by atoms with Crippen molar-refractivity contribution < 1.29 is 19.7 Å². The zero-order chi connectivity index (χ0) is 15.0. The lowest BCUT2D eigenvalue weighted by Gasteiger charge is -2.27. The monoisotopic (exact) mass is 279 g/mol. The third-order valence-electron chi connectivity index (χ3n) is 3.74. The standard InChI is InChI=1S/C15H21NO4/c1-5-9-7-20-15-8(2)12(17)10(6-16(3)4)14(19)11(15)13(9)18/h9,17,19H,5-7H2,1-4H3. The fourth-order valence-corrected chi connectivity index (χ4v) is 2.53. The second-order valence-corrected chi connectivity index (χ2v) is 5.52.